The second-order valence-corrected chi connectivity index (χ2v) is 2.58. The Bertz CT molecular complexity index is 251. The first-order valence-electron chi connectivity index (χ1n) is 3.95. The van der Waals surface area contributed by atoms with Crippen molar-refractivity contribution in [2.24, 2.45) is 5.73 Å². The van der Waals surface area contributed by atoms with Gasteiger partial charge in [0.05, 0.1) is 13.2 Å². The first kappa shape index (κ1) is 10.1. The Morgan fingerprint density at radius 1 is 1.69 bits per heavy atom. The van der Waals surface area contributed by atoms with Gasteiger partial charge in [-0.05, 0) is 0 Å². The van der Waals surface area contributed by atoms with Gasteiger partial charge in [0.15, 0.2) is 5.82 Å². The van der Waals surface area contributed by atoms with Gasteiger partial charge in [0.2, 0.25) is 5.89 Å². The zero-order valence-corrected chi connectivity index (χ0v) is 7.43. The minimum absolute atomic E-state index is 0.202. The zero-order valence-electron chi connectivity index (χ0n) is 7.43. The minimum atomic E-state index is -0.594. The van der Waals surface area contributed by atoms with Gasteiger partial charge in [-0.3, -0.25) is 0 Å². The van der Waals surface area contributed by atoms with Crippen LogP contribution in [0.4, 0.5) is 0 Å². The summed E-state index contributed by atoms with van der Waals surface area (Å²) in [6.07, 6.45) is 0.581. The number of hydrogen-bond acceptors (Lipinski definition) is 6. The molecule has 1 aromatic heterocycles. The topological polar surface area (TPSA) is 94.4 Å². The van der Waals surface area contributed by atoms with Crippen molar-refractivity contribution in [3.8, 4) is 0 Å². The summed E-state index contributed by atoms with van der Waals surface area (Å²) in [6, 6.07) is -0.594. The molecule has 1 atom stereocenters. The van der Waals surface area contributed by atoms with Crippen LogP contribution >= 0.6 is 0 Å². The number of nitrogens with two attached hydrogens (primary N) is 1. The molecule has 0 aromatic carbocycles. The first-order chi connectivity index (χ1) is 6.27. The van der Waals surface area contributed by atoms with Crippen molar-refractivity contribution >= 4 is 0 Å². The molecule has 0 saturated carbocycles. The molecule has 0 aliphatic rings. The second-order valence-electron chi connectivity index (χ2n) is 2.58. The number of aromatic nitrogens is 2. The predicted molar refractivity (Wildman–Crippen MR) is 43.9 cm³/mol. The normalized spacial score (nSPS) is 13.2. The number of nitrogens with zero attached hydrogens (tertiary/aromatic N) is 2. The maximum atomic E-state index is 8.70. The average molecular weight is 187 g/mol. The highest BCUT2D eigenvalue weighted by atomic mass is 16.5. The fraction of sp³-hybridized carbons (Fsp3) is 0.714. The lowest BCUT2D eigenvalue weighted by Gasteiger charge is -1.98. The van der Waals surface area contributed by atoms with Gasteiger partial charge in [0.25, 0.3) is 0 Å². The third-order valence-electron chi connectivity index (χ3n) is 1.53. The van der Waals surface area contributed by atoms with Gasteiger partial charge in [-0.2, -0.15) is 4.98 Å². The van der Waals surface area contributed by atoms with E-state index in [4.69, 9.17) is 20.1 Å². The highest BCUT2D eigenvalue weighted by Gasteiger charge is 2.12. The van der Waals surface area contributed by atoms with Gasteiger partial charge in [0, 0.05) is 13.5 Å². The van der Waals surface area contributed by atoms with E-state index in [1.807, 2.05) is 0 Å². The number of ether oxygens (including phenoxy) is 1. The van der Waals surface area contributed by atoms with E-state index >= 15 is 0 Å². The summed E-state index contributed by atoms with van der Waals surface area (Å²) in [5, 5.41) is 12.4. The lowest BCUT2D eigenvalue weighted by molar-refractivity contribution is 0.199. The summed E-state index contributed by atoms with van der Waals surface area (Å²) >= 11 is 0. The molecule has 1 aromatic rings. The van der Waals surface area contributed by atoms with Gasteiger partial charge in [-0.25, -0.2) is 0 Å². The van der Waals surface area contributed by atoms with Crippen LogP contribution in [0.5, 0.6) is 0 Å². The number of methoxy groups -OCH3 is 1. The van der Waals surface area contributed by atoms with E-state index in [-0.39, 0.29) is 12.5 Å². The van der Waals surface area contributed by atoms with Crippen LogP contribution in [0.1, 0.15) is 17.8 Å². The van der Waals surface area contributed by atoms with Gasteiger partial charge in [-0.15, -0.1) is 0 Å². The molecule has 0 saturated heterocycles. The van der Waals surface area contributed by atoms with Crippen molar-refractivity contribution in [3.63, 3.8) is 0 Å². The van der Waals surface area contributed by atoms with Crippen LogP contribution in [0, 0.1) is 0 Å². The van der Waals surface area contributed by atoms with E-state index in [1.165, 1.54) is 0 Å². The van der Waals surface area contributed by atoms with Gasteiger partial charge < -0.3 is 20.1 Å². The van der Waals surface area contributed by atoms with Gasteiger partial charge in [-0.1, -0.05) is 5.16 Å². The van der Waals surface area contributed by atoms with Crippen LogP contribution < -0.4 is 5.73 Å². The molecule has 1 rings (SSSR count). The number of aliphatic hydroxyl groups excluding tert-OH is 1. The van der Waals surface area contributed by atoms with Gasteiger partial charge in [0.1, 0.15) is 6.04 Å². The van der Waals surface area contributed by atoms with E-state index in [2.05, 4.69) is 10.1 Å². The third kappa shape index (κ3) is 2.76. The van der Waals surface area contributed by atoms with Crippen molar-refractivity contribution in [2.45, 2.75) is 12.5 Å². The molecule has 13 heavy (non-hydrogen) atoms. The molecule has 0 amide bonds. The van der Waals surface area contributed by atoms with Crippen LogP contribution in [0.25, 0.3) is 0 Å². The largest absolute Gasteiger partial charge is 0.394 e. The molecule has 1 unspecified atom stereocenters. The highest BCUT2D eigenvalue weighted by Crippen LogP contribution is 2.06. The number of rotatable bonds is 5. The molecule has 0 spiro atoms. The smallest absolute Gasteiger partial charge is 0.245 e. The van der Waals surface area contributed by atoms with Crippen molar-refractivity contribution in [1.82, 2.24) is 10.1 Å². The van der Waals surface area contributed by atoms with Crippen LogP contribution in [-0.4, -0.2) is 35.6 Å². The van der Waals surface area contributed by atoms with Crippen LogP contribution in [0.15, 0.2) is 4.52 Å². The fourth-order valence-corrected chi connectivity index (χ4v) is 0.791. The van der Waals surface area contributed by atoms with E-state index < -0.39 is 6.04 Å². The summed E-state index contributed by atoms with van der Waals surface area (Å²) in [5.74, 6) is 0.800. The molecule has 0 fully saturated rings. The van der Waals surface area contributed by atoms with E-state index in [1.54, 1.807) is 7.11 Å². The maximum absolute atomic E-state index is 8.70. The quantitative estimate of drug-likeness (QED) is 0.629. The van der Waals surface area contributed by atoms with E-state index in [0.717, 1.165) is 0 Å². The summed E-state index contributed by atoms with van der Waals surface area (Å²) in [6.45, 7) is 0.333. The Hall–Kier alpha value is -0.980. The van der Waals surface area contributed by atoms with Crippen LogP contribution in [-0.2, 0) is 11.2 Å². The molecule has 0 radical (unpaired) electrons. The lowest BCUT2D eigenvalue weighted by Crippen LogP contribution is -2.14. The van der Waals surface area contributed by atoms with E-state index in [9.17, 15) is 0 Å². The second kappa shape index (κ2) is 4.90. The van der Waals surface area contributed by atoms with Crippen LogP contribution in [0.3, 0.4) is 0 Å². The standard InChI is InChI=1S/C7H13N3O3/c1-12-3-2-6-9-7(13-10-6)5(8)4-11/h5,11H,2-4,8H2,1H3. The minimum Gasteiger partial charge on any atom is -0.394 e. The Labute approximate surface area is 75.7 Å². The zero-order chi connectivity index (χ0) is 9.68. The molecule has 0 aliphatic heterocycles. The fourth-order valence-electron chi connectivity index (χ4n) is 0.791. The molecule has 0 aliphatic carbocycles. The Balaban J connectivity index is 2.53. The molecular weight excluding hydrogens is 174 g/mol. The molecular formula is C7H13N3O3. The van der Waals surface area contributed by atoms with Crippen molar-refractivity contribution in [1.29, 1.82) is 0 Å². The van der Waals surface area contributed by atoms with Crippen molar-refractivity contribution in [2.75, 3.05) is 20.3 Å². The Morgan fingerprint density at radius 3 is 3.08 bits per heavy atom. The molecule has 74 valence electrons. The highest BCUT2D eigenvalue weighted by molar-refractivity contribution is 4.91. The van der Waals surface area contributed by atoms with Crippen molar-refractivity contribution < 1.29 is 14.4 Å². The Kier molecular flexibility index (Phi) is 3.81. The molecule has 6 nitrogen and oxygen atoms in total. The van der Waals surface area contributed by atoms with Crippen LogP contribution in [0.2, 0.25) is 0 Å². The maximum Gasteiger partial charge on any atom is 0.245 e. The molecule has 1 heterocycles. The Morgan fingerprint density at radius 2 is 2.46 bits per heavy atom. The summed E-state index contributed by atoms with van der Waals surface area (Å²) < 4.78 is 9.65. The van der Waals surface area contributed by atoms with Crippen molar-refractivity contribution in [3.05, 3.63) is 11.7 Å². The average Bonchev–Trinajstić information content (AvgIpc) is 2.62. The SMILES string of the molecule is COCCc1noc(C(N)CO)n1. The summed E-state index contributed by atoms with van der Waals surface area (Å²) in [4.78, 5) is 3.98. The molecule has 6 heteroatoms. The van der Waals surface area contributed by atoms with Gasteiger partial charge >= 0.3 is 0 Å². The molecule has 3 N–H and O–H groups in total. The molecule has 0 bridgehead atoms. The number of hydrogen-bond donors (Lipinski definition) is 2. The number of aliphatic hydroxyl groups is 1. The summed E-state index contributed by atoms with van der Waals surface area (Å²) in [5.41, 5.74) is 5.46. The summed E-state index contributed by atoms with van der Waals surface area (Å²) in [7, 11) is 1.60. The van der Waals surface area contributed by atoms with E-state index in [0.29, 0.717) is 18.9 Å². The third-order valence-corrected chi connectivity index (χ3v) is 1.53. The first-order valence-corrected chi connectivity index (χ1v) is 3.95. The predicted octanol–water partition coefficient (Wildman–Crippen LogP) is -0.749. The lowest BCUT2D eigenvalue weighted by atomic mass is 10.3. The monoisotopic (exact) mass is 187 g/mol.